The Balaban J connectivity index is 2.32. The van der Waals surface area contributed by atoms with Crippen molar-refractivity contribution in [2.45, 2.75) is 0 Å². The number of hydrogen-bond donors (Lipinski definition) is 2. The molecule has 5 heteroatoms. The van der Waals surface area contributed by atoms with E-state index in [0.29, 0.717) is 16.9 Å². The largest absolute Gasteiger partial charge is 0.507 e. The van der Waals surface area contributed by atoms with Crippen molar-refractivity contribution in [1.82, 2.24) is 0 Å². The first kappa shape index (κ1) is 13.1. The lowest BCUT2D eigenvalue weighted by Crippen LogP contribution is -1.87. The Labute approximate surface area is 122 Å². The van der Waals surface area contributed by atoms with Crippen LogP contribution in [0.3, 0.4) is 0 Å². The number of phenols is 1. The van der Waals surface area contributed by atoms with Gasteiger partial charge < -0.3 is 10.8 Å². The Morgan fingerprint density at radius 1 is 1.06 bits per heavy atom. The first-order valence-electron chi connectivity index (χ1n) is 5.14. The van der Waals surface area contributed by atoms with E-state index in [-0.39, 0.29) is 5.75 Å². The van der Waals surface area contributed by atoms with Gasteiger partial charge in [-0.05, 0) is 36.4 Å². The lowest BCUT2D eigenvalue weighted by Gasteiger charge is -2.02. The minimum atomic E-state index is 0.178. The topological polar surface area (TPSA) is 58.6 Å². The SMILES string of the molecule is Nc1cc(Br)ccc1N=Cc1cc(Br)ccc1O. The van der Waals surface area contributed by atoms with Crippen LogP contribution in [0.2, 0.25) is 0 Å². The number of nitrogens with zero attached hydrogens (tertiary/aromatic N) is 1. The van der Waals surface area contributed by atoms with Crippen LogP contribution in [-0.4, -0.2) is 11.3 Å². The van der Waals surface area contributed by atoms with E-state index in [4.69, 9.17) is 5.73 Å². The Morgan fingerprint density at radius 2 is 1.72 bits per heavy atom. The molecule has 0 fully saturated rings. The predicted molar refractivity (Wildman–Crippen MR) is 81.6 cm³/mol. The van der Waals surface area contributed by atoms with E-state index in [0.717, 1.165) is 8.95 Å². The van der Waals surface area contributed by atoms with E-state index in [1.165, 1.54) is 0 Å². The summed E-state index contributed by atoms with van der Waals surface area (Å²) in [5, 5.41) is 9.68. The van der Waals surface area contributed by atoms with Gasteiger partial charge in [0.2, 0.25) is 0 Å². The highest BCUT2D eigenvalue weighted by molar-refractivity contribution is 9.10. The Kier molecular flexibility index (Phi) is 4.04. The van der Waals surface area contributed by atoms with Gasteiger partial charge in [-0.2, -0.15) is 0 Å². The number of aliphatic imine (C=N–C) groups is 1. The molecule has 0 atom stereocenters. The van der Waals surface area contributed by atoms with Gasteiger partial charge in [0.15, 0.2) is 0 Å². The highest BCUT2D eigenvalue weighted by Gasteiger charge is 2.00. The molecule has 0 aliphatic rings. The van der Waals surface area contributed by atoms with E-state index in [1.807, 2.05) is 12.1 Å². The van der Waals surface area contributed by atoms with Crippen LogP contribution in [0.4, 0.5) is 11.4 Å². The number of nitrogens with two attached hydrogens (primary N) is 1. The van der Waals surface area contributed by atoms with Crippen molar-refractivity contribution in [2.75, 3.05) is 5.73 Å². The second kappa shape index (κ2) is 5.54. The summed E-state index contributed by atoms with van der Waals surface area (Å²) in [5.41, 5.74) is 7.71. The summed E-state index contributed by atoms with van der Waals surface area (Å²) >= 11 is 6.68. The summed E-state index contributed by atoms with van der Waals surface area (Å²) in [6.45, 7) is 0. The highest BCUT2D eigenvalue weighted by Crippen LogP contribution is 2.26. The van der Waals surface area contributed by atoms with Crippen LogP contribution in [0.1, 0.15) is 5.56 Å². The lowest BCUT2D eigenvalue weighted by molar-refractivity contribution is 0.474. The molecule has 0 aliphatic carbocycles. The third-order valence-corrected chi connectivity index (χ3v) is 3.31. The zero-order chi connectivity index (χ0) is 13.1. The average molecular weight is 370 g/mol. The van der Waals surface area contributed by atoms with Crippen molar-refractivity contribution in [3.63, 3.8) is 0 Å². The maximum atomic E-state index is 9.68. The van der Waals surface area contributed by atoms with Crippen LogP contribution in [0.15, 0.2) is 50.3 Å². The van der Waals surface area contributed by atoms with Crippen LogP contribution >= 0.6 is 31.9 Å². The summed E-state index contributed by atoms with van der Waals surface area (Å²) in [7, 11) is 0. The predicted octanol–water partition coefficient (Wildman–Crippen LogP) is 4.25. The number of anilines is 1. The number of rotatable bonds is 2. The van der Waals surface area contributed by atoms with Gasteiger partial charge in [0.05, 0.1) is 11.4 Å². The van der Waals surface area contributed by atoms with Crippen LogP contribution in [0, 0.1) is 0 Å². The maximum absolute atomic E-state index is 9.68. The third-order valence-electron chi connectivity index (χ3n) is 2.32. The first-order valence-corrected chi connectivity index (χ1v) is 6.72. The first-order chi connectivity index (χ1) is 8.56. The Morgan fingerprint density at radius 3 is 2.44 bits per heavy atom. The molecule has 0 unspecified atom stereocenters. The number of phenolic OH excluding ortho intramolecular Hbond substituents is 1. The molecule has 0 saturated carbocycles. The molecule has 92 valence electrons. The molecule has 0 bridgehead atoms. The zero-order valence-corrected chi connectivity index (χ0v) is 12.4. The van der Waals surface area contributed by atoms with E-state index in [1.54, 1.807) is 30.5 Å². The molecule has 2 rings (SSSR count). The quantitative estimate of drug-likeness (QED) is 0.614. The maximum Gasteiger partial charge on any atom is 0.124 e. The van der Waals surface area contributed by atoms with Crippen LogP contribution in [0.25, 0.3) is 0 Å². The van der Waals surface area contributed by atoms with Crippen molar-refractivity contribution in [3.8, 4) is 5.75 Å². The highest BCUT2D eigenvalue weighted by atomic mass is 79.9. The van der Waals surface area contributed by atoms with Gasteiger partial charge in [0.25, 0.3) is 0 Å². The summed E-state index contributed by atoms with van der Waals surface area (Å²) in [6.07, 6.45) is 1.58. The van der Waals surface area contributed by atoms with Crippen molar-refractivity contribution < 1.29 is 5.11 Å². The Hall–Kier alpha value is -1.33. The minimum Gasteiger partial charge on any atom is -0.507 e. The fourth-order valence-electron chi connectivity index (χ4n) is 1.41. The minimum absolute atomic E-state index is 0.178. The second-order valence-electron chi connectivity index (χ2n) is 3.66. The summed E-state index contributed by atoms with van der Waals surface area (Å²) in [5.74, 6) is 0.178. The molecular weight excluding hydrogens is 360 g/mol. The molecule has 0 amide bonds. The van der Waals surface area contributed by atoms with Gasteiger partial charge in [0, 0.05) is 20.7 Å². The van der Waals surface area contributed by atoms with Crippen molar-refractivity contribution in [1.29, 1.82) is 0 Å². The Bertz CT molecular complexity index is 612. The average Bonchev–Trinajstić information content (AvgIpc) is 2.32. The molecule has 2 aromatic rings. The number of aromatic hydroxyl groups is 1. The number of nitrogen functional groups attached to an aromatic ring is 1. The third kappa shape index (κ3) is 3.11. The summed E-state index contributed by atoms with van der Waals surface area (Å²) in [6, 6.07) is 10.6. The molecule has 3 N–H and O–H groups in total. The summed E-state index contributed by atoms with van der Waals surface area (Å²) in [4.78, 5) is 4.27. The fraction of sp³-hybridized carbons (Fsp3) is 0. The molecule has 0 saturated heterocycles. The fourth-order valence-corrected chi connectivity index (χ4v) is 2.17. The van der Waals surface area contributed by atoms with Crippen molar-refractivity contribution in [3.05, 3.63) is 50.9 Å². The molecule has 0 radical (unpaired) electrons. The second-order valence-corrected chi connectivity index (χ2v) is 5.50. The van der Waals surface area contributed by atoms with Crippen LogP contribution in [0.5, 0.6) is 5.75 Å². The molecule has 0 aromatic heterocycles. The molecular formula is C13H10Br2N2O. The number of hydrogen-bond acceptors (Lipinski definition) is 3. The van der Waals surface area contributed by atoms with E-state index < -0.39 is 0 Å². The molecule has 0 spiro atoms. The monoisotopic (exact) mass is 368 g/mol. The van der Waals surface area contributed by atoms with Gasteiger partial charge in [-0.25, -0.2) is 0 Å². The number of benzene rings is 2. The molecule has 2 aromatic carbocycles. The van der Waals surface area contributed by atoms with Gasteiger partial charge in [-0.15, -0.1) is 0 Å². The molecule has 0 heterocycles. The molecule has 18 heavy (non-hydrogen) atoms. The molecule has 3 nitrogen and oxygen atoms in total. The zero-order valence-electron chi connectivity index (χ0n) is 9.27. The normalized spacial score (nSPS) is 11.0. The van der Waals surface area contributed by atoms with Crippen LogP contribution < -0.4 is 5.73 Å². The van der Waals surface area contributed by atoms with E-state index in [9.17, 15) is 5.11 Å². The van der Waals surface area contributed by atoms with E-state index >= 15 is 0 Å². The van der Waals surface area contributed by atoms with Gasteiger partial charge in [0.1, 0.15) is 5.75 Å². The summed E-state index contributed by atoms with van der Waals surface area (Å²) < 4.78 is 1.79. The standard InChI is InChI=1S/C13H10Br2N2O/c14-9-2-4-13(18)8(5-9)7-17-12-3-1-10(15)6-11(12)16/h1-7,18H,16H2. The smallest absolute Gasteiger partial charge is 0.124 e. The number of halogens is 2. The molecule has 0 aliphatic heterocycles. The van der Waals surface area contributed by atoms with Gasteiger partial charge >= 0.3 is 0 Å². The van der Waals surface area contributed by atoms with E-state index in [2.05, 4.69) is 36.9 Å². The van der Waals surface area contributed by atoms with Crippen molar-refractivity contribution >= 4 is 49.4 Å². The van der Waals surface area contributed by atoms with Crippen molar-refractivity contribution in [2.24, 2.45) is 4.99 Å². The van der Waals surface area contributed by atoms with Gasteiger partial charge in [-0.3, -0.25) is 4.99 Å². The van der Waals surface area contributed by atoms with Gasteiger partial charge in [-0.1, -0.05) is 31.9 Å². The van der Waals surface area contributed by atoms with Crippen LogP contribution in [-0.2, 0) is 0 Å². The lowest BCUT2D eigenvalue weighted by atomic mass is 10.2.